The molecule has 0 spiro atoms. The standard InChI is InChI=1S/C20H13F3N2O3S/c21-20(22,23)13-6-3-5-12(8-13)15-10-29-19(24-15)25-17(26)16-9-11-4-1-2-7-14(11)18(27)28-16/h1-8,10,16H,9H2,(H,24,25,26)/t16-/m1/s1. The predicted octanol–water partition coefficient (Wildman–Crippen LogP) is 4.55. The molecule has 0 fully saturated rings. The van der Waals surface area contributed by atoms with Crippen molar-refractivity contribution in [1.29, 1.82) is 0 Å². The van der Waals surface area contributed by atoms with E-state index in [2.05, 4.69) is 10.3 Å². The highest BCUT2D eigenvalue weighted by Gasteiger charge is 2.32. The molecule has 0 aliphatic carbocycles. The summed E-state index contributed by atoms with van der Waals surface area (Å²) < 4.78 is 43.9. The lowest BCUT2D eigenvalue weighted by Crippen LogP contribution is -2.37. The number of ether oxygens (including phenoxy) is 1. The highest BCUT2D eigenvalue weighted by Crippen LogP contribution is 2.33. The number of alkyl halides is 3. The van der Waals surface area contributed by atoms with Gasteiger partial charge in [-0.15, -0.1) is 11.3 Å². The van der Waals surface area contributed by atoms with E-state index in [1.807, 2.05) is 0 Å². The second-order valence-corrected chi connectivity index (χ2v) is 7.22. The molecule has 29 heavy (non-hydrogen) atoms. The van der Waals surface area contributed by atoms with Crippen LogP contribution in [0.2, 0.25) is 0 Å². The first kappa shape index (κ1) is 19.1. The van der Waals surface area contributed by atoms with Crippen molar-refractivity contribution in [2.24, 2.45) is 0 Å². The fourth-order valence-corrected chi connectivity index (χ4v) is 3.70. The number of thiazole rings is 1. The van der Waals surface area contributed by atoms with Crippen molar-refractivity contribution in [3.05, 3.63) is 70.6 Å². The van der Waals surface area contributed by atoms with Gasteiger partial charge in [0.15, 0.2) is 11.2 Å². The number of cyclic esters (lactones) is 1. The number of nitrogens with one attached hydrogen (secondary N) is 1. The van der Waals surface area contributed by atoms with Crippen molar-refractivity contribution in [1.82, 2.24) is 4.98 Å². The van der Waals surface area contributed by atoms with Gasteiger partial charge >= 0.3 is 12.1 Å². The number of aromatic nitrogens is 1. The van der Waals surface area contributed by atoms with Gasteiger partial charge in [0.1, 0.15) is 0 Å². The summed E-state index contributed by atoms with van der Waals surface area (Å²) in [6, 6.07) is 11.7. The third kappa shape index (κ3) is 4.00. The molecule has 1 N–H and O–H groups in total. The molecular formula is C20H13F3N2O3S. The summed E-state index contributed by atoms with van der Waals surface area (Å²) in [5.74, 6) is -1.12. The summed E-state index contributed by atoms with van der Waals surface area (Å²) in [6.07, 6.45) is -5.22. The molecule has 0 saturated heterocycles. The summed E-state index contributed by atoms with van der Waals surface area (Å²) in [5, 5.41) is 4.32. The molecule has 1 aliphatic heterocycles. The Morgan fingerprint density at radius 2 is 1.97 bits per heavy atom. The Bertz CT molecular complexity index is 1090. The number of benzene rings is 2. The fraction of sp³-hybridized carbons (Fsp3) is 0.150. The van der Waals surface area contributed by atoms with Gasteiger partial charge in [0.25, 0.3) is 5.91 Å². The minimum absolute atomic E-state index is 0.206. The summed E-state index contributed by atoms with van der Waals surface area (Å²) in [4.78, 5) is 28.7. The van der Waals surface area contributed by atoms with E-state index in [-0.39, 0.29) is 17.1 Å². The minimum atomic E-state index is -4.45. The zero-order valence-corrected chi connectivity index (χ0v) is 15.5. The normalized spacial score (nSPS) is 16.1. The van der Waals surface area contributed by atoms with Gasteiger partial charge in [-0.3, -0.25) is 10.1 Å². The zero-order valence-electron chi connectivity index (χ0n) is 14.7. The van der Waals surface area contributed by atoms with Crippen LogP contribution < -0.4 is 5.32 Å². The third-order valence-electron chi connectivity index (χ3n) is 4.40. The molecular weight excluding hydrogens is 405 g/mol. The molecule has 2 aromatic carbocycles. The van der Waals surface area contributed by atoms with Crippen LogP contribution in [0.1, 0.15) is 21.5 Å². The number of nitrogens with zero attached hydrogens (tertiary/aromatic N) is 1. The van der Waals surface area contributed by atoms with Crippen molar-refractivity contribution < 1.29 is 27.5 Å². The van der Waals surface area contributed by atoms with Crippen LogP contribution in [0.15, 0.2) is 53.9 Å². The maximum Gasteiger partial charge on any atom is 0.416 e. The first-order chi connectivity index (χ1) is 13.8. The molecule has 1 aromatic heterocycles. The van der Waals surface area contributed by atoms with Gasteiger partial charge in [-0.05, 0) is 23.8 Å². The number of amides is 1. The molecule has 5 nitrogen and oxygen atoms in total. The molecule has 3 aromatic rings. The molecule has 1 amide bonds. The SMILES string of the molecule is O=C1O[C@@H](C(=O)Nc2nc(-c3cccc(C(F)(F)F)c3)cs2)Cc2ccccc21. The molecule has 0 saturated carbocycles. The number of anilines is 1. The van der Waals surface area contributed by atoms with Crippen LogP contribution in [0.3, 0.4) is 0 Å². The lowest BCUT2D eigenvalue weighted by atomic mass is 9.98. The van der Waals surface area contributed by atoms with Crippen LogP contribution in [-0.4, -0.2) is 23.0 Å². The molecule has 0 radical (unpaired) electrons. The predicted molar refractivity (Wildman–Crippen MR) is 101 cm³/mol. The van der Waals surface area contributed by atoms with Gasteiger partial charge in [-0.2, -0.15) is 13.2 Å². The second kappa shape index (κ2) is 7.32. The number of rotatable bonds is 3. The van der Waals surface area contributed by atoms with Crippen molar-refractivity contribution in [2.75, 3.05) is 5.32 Å². The van der Waals surface area contributed by atoms with Gasteiger partial charge in [-0.1, -0.05) is 30.3 Å². The van der Waals surface area contributed by atoms with E-state index in [1.54, 1.807) is 29.6 Å². The van der Waals surface area contributed by atoms with E-state index in [9.17, 15) is 22.8 Å². The molecule has 2 heterocycles. The number of hydrogen-bond acceptors (Lipinski definition) is 5. The molecule has 1 atom stereocenters. The van der Waals surface area contributed by atoms with E-state index >= 15 is 0 Å². The number of carbonyl (C=O) groups excluding carboxylic acids is 2. The highest BCUT2D eigenvalue weighted by atomic mass is 32.1. The minimum Gasteiger partial charge on any atom is -0.448 e. The molecule has 4 rings (SSSR count). The number of halogens is 3. The van der Waals surface area contributed by atoms with E-state index in [0.717, 1.165) is 23.5 Å². The fourth-order valence-electron chi connectivity index (χ4n) is 2.98. The van der Waals surface area contributed by atoms with Crippen LogP contribution in [0.5, 0.6) is 0 Å². The third-order valence-corrected chi connectivity index (χ3v) is 5.16. The summed E-state index contributed by atoms with van der Waals surface area (Å²) in [5.41, 5.74) is 0.962. The van der Waals surface area contributed by atoms with E-state index < -0.39 is 29.7 Å². The smallest absolute Gasteiger partial charge is 0.416 e. The van der Waals surface area contributed by atoms with Crippen LogP contribution >= 0.6 is 11.3 Å². The van der Waals surface area contributed by atoms with Gasteiger partial charge in [0, 0.05) is 17.4 Å². The van der Waals surface area contributed by atoms with Gasteiger partial charge < -0.3 is 4.74 Å². The number of hydrogen-bond donors (Lipinski definition) is 1. The molecule has 0 bridgehead atoms. The maximum atomic E-state index is 12.9. The summed E-state index contributed by atoms with van der Waals surface area (Å²) in [7, 11) is 0. The number of esters is 1. The Morgan fingerprint density at radius 1 is 1.17 bits per heavy atom. The Balaban J connectivity index is 1.49. The Kier molecular flexibility index (Phi) is 4.83. The Labute approximate surface area is 167 Å². The maximum absolute atomic E-state index is 12.9. The van der Waals surface area contributed by atoms with E-state index in [1.165, 1.54) is 12.1 Å². The summed E-state index contributed by atoms with van der Waals surface area (Å²) >= 11 is 1.07. The topological polar surface area (TPSA) is 68.3 Å². The van der Waals surface area contributed by atoms with Gasteiger partial charge in [0.05, 0.1) is 16.8 Å². The molecule has 9 heteroatoms. The van der Waals surface area contributed by atoms with Crippen LogP contribution in [0, 0.1) is 0 Å². The average molecular weight is 418 g/mol. The van der Waals surface area contributed by atoms with Gasteiger partial charge in [-0.25, -0.2) is 9.78 Å². The Morgan fingerprint density at radius 3 is 2.76 bits per heavy atom. The van der Waals surface area contributed by atoms with Crippen molar-refractivity contribution in [3.63, 3.8) is 0 Å². The number of fused-ring (bicyclic) bond motifs is 1. The second-order valence-electron chi connectivity index (χ2n) is 6.36. The van der Waals surface area contributed by atoms with Crippen LogP contribution in [0.4, 0.5) is 18.3 Å². The summed E-state index contributed by atoms with van der Waals surface area (Å²) in [6.45, 7) is 0. The first-order valence-electron chi connectivity index (χ1n) is 8.54. The van der Waals surface area contributed by atoms with E-state index in [0.29, 0.717) is 16.8 Å². The molecule has 148 valence electrons. The van der Waals surface area contributed by atoms with Crippen molar-refractivity contribution >= 4 is 28.3 Å². The number of carbonyl (C=O) groups is 2. The van der Waals surface area contributed by atoms with Crippen LogP contribution in [-0.2, 0) is 22.1 Å². The quantitative estimate of drug-likeness (QED) is 0.634. The monoisotopic (exact) mass is 418 g/mol. The van der Waals surface area contributed by atoms with Crippen molar-refractivity contribution in [3.8, 4) is 11.3 Å². The lowest BCUT2D eigenvalue weighted by Gasteiger charge is -2.23. The highest BCUT2D eigenvalue weighted by molar-refractivity contribution is 7.14. The lowest BCUT2D eigenvalue weighted by molar-refractivity contribution is -0.137. The van der Waals surface area contributed by atoms with Crippen LogP contribution in [0.25, 0.3) is 11.3 Å². The van der Waals surface area contributed by atoms with Crippen molar-refractivity contribution in [2.45, 2.75) is 18.7 Å². The first-order valence-corrected chi connectivity index (χ1v) is 9.42. The molecule has 1 aliphatic rings. The average Bonchev–Trinajstić information content (AvgIpc) is 3.16. The Hall–Kier alpha value is -3.20. The van der Waals surface area contributed by atoms with Gasteiger partial charge in [0.2, 0.25) is 0 Å². The molecule has 0 unspecified atom stereocenters. The van der Waals surface area contributed by atoms with E-state index in [4.69, 9.17) is 4.74 Å². The zero-order chi connectivity index (χ0) is 20.6. The largest absolute Gasteiger partial charge is 0.448 e.